The molecule has 1 aliphatic rings. The second kappa shape index (κ2) is 8.04. The Balaban J connectivity index is 1.73. The van der Waals surface area contributed by atoms with Crippen LogP contribution in [0.3, 0.4) is 0 Å². The summed E-state index contributed by atoms with van der Waals surface area (Å²) in [6.45, 7) is 2.61. The van der Waals surface area contributed by atoms with E-state index in [1.807, 2.05) is 33.3 Å². The quantitative estimate of drug-likeness (QED) is 0.790. The Morgan fingerprint density at radius 2 is 2.00 bits per heavy atom. The lowest BCUT2D eigenvalue weighted by Gasteiger charge is -2.33. The first-order valence-corrected chi connectivity index (χ1v) is 9.32. The molecule has 0 bridgehead atoms. The number of rotatable bonds is 5. The van der Waals surface area contributed by atoms with Gasteiger partial charge in [0.25, 0.3) is 5.91 Å². The number of carbonyl (C=O) groups excluding carboxylic acids is 1. The standard InChI is InChI=1S/C19H29N7O/c1-23(2)13-17-21-22-18(25(17)5)15-7-6-10-26(12-15)16-9-8-14(11-20-16)19(27)24(3)4/h8-9,11,15H,6-7,10,12-13H2,1-5H3. The fourth-order valence-electron chi connectivity index (χ4n) is 3.51. The second-order valence-corrected chi connectivity index (χ2v) is 7.66. The number of amides is 1. The molecule has 2 aromatic rings. The largest absolute Gasteiger partial charge is 0.356 e. The predicted molar refractivity (Wildman–Crippen MR) is 105 cm³/mol. The van der Waals surface area contributed by atoms with Gasteiger partial charge in [0.05, 0.1) is 12.1 Å². The van der Waals surface area contributed by atoms with Crippen LogP contribution in [0.25, 0.3) is 0 Å². The number of aromatic nitrogens is 4. The molecule has 27 heavy (non-hydrogen) atoms. The van der Waals surface area contributed by atoms with Gasteiger partial charge in [-0.3, -0.25) is 4.79 Å². The Hall–Kier alpha value is -2.48. The SMILES string of the molecule is CN(C)Cc1nnc(C2CCCN(c3ccc(C(=O)N(C)C)cn3)C2)n1C. The maximum Gasteiger partial charge on any atom is 0.254 e. The highest BCUT2D eigenvalue weighted by atomic mass is 16.2. The van der Waals surface area contributed by atoms with Gasteiger partial charge in [0.1, 0.15) is 17.5 Å². The van der Waals surface area contributed by atoms with Crippen LogP contribution < -0.4 is 4.90 Å². The van der Waals surface area contributed by atoms with Gasteiger partial charge in [0.15, 0.2) is 0 Å². The normalized spacial score (nSPS) is 17.4. The minimum atomic E-state index is -0.0296. The molecule has 1 amide bonds. The van der Waals surface area contributed by atoms with Crippen molar-refractivity contribution in [1.29, 1.82) is 0 Å². The zero-order valence-corrected chi connectivity index (χ0v) is 16.9. The monoisotopic (exact) mass is 371 g/mol. The first-order valence-electron chi connectivity index (χ1n) is 9.32. The van der Waals surface area contributed by atoms with Gasteiger partial charge in [-0.05, 0) is 39.1 Å². The summed E-state index contributed by atoms with van der Waals surface area (Å²) in [4.78, 5) is 22.5. The molecule has 2 aromatic heterocycles. The van der Waals surface area contributed by atoms with Crippen LogP contribution in [-0.4, -0.2) is 76.7 Å². The number of pyridine rings is 1. The molecule has 146 valence electrons. The van der Waals surface area contributed by atoms with Crippen LogP contribution in [0, 0.1) is 0 Å². The Bertz CT molecular complexity index is 782. The van der Waals surface area contributed by atoms with Crippen LogP contribution >= 0.6 is 0 Å². The van der Waals surface area contributed by atoms with Gasteiger partial charge in [0.2, 0.25) is 0 Å². The maximum atomic E-state index is 12.0. The Labute approximate surface area is 160 Å². The number of nitrogens with zero attached hydrogens (tertiary/aromatic N) is 7. The molecule has 8 nitrogen and oxygen atoms in total. The van der Waals surface area contributed by atoms with E-state index in [0.717, 1.165) is 49.9 Å². The van der Waals surface area contributed by atoms with Crippen molar-refractivity contribution >= 4 is 11.7 Å². The predicted octanol–water partition coefficient (Wildman–Crippen LogP) is 1.36. The molecule has 0 N–H and O–H groups in total. The van der Waals surface area contributed by atoms with E-state index in [-0.39, 0.29) is 5.91 Å². The zero-order chi connectivity index (χ0) is 19.6. The van der Waals surface area contributed by atoms with Crippen LogP contribution in [0.15, 0.2) is 18.3 Å². The van der Waals surface area contributed by atoms with Gasteiger partial charge >= 0.3 is 0 Å². The topological polar surface area (TPSA) is 70.4 Å². The van der Waals surface area contributed by atoms with Gasteiger partial charge in [0, 0.05) is 46.3 Å². The van der Waals surface area contributed by atoms with Crippen molar-refractivity contribution in [2.45, 2.75) is 25.3 Å². The Kier molecular flexibility index (Phi) is 5.74. The molecule has 1 atom stereocenters. The summed E-state index contributed by atoms with van der Waals surface area (Å²) in [5.41, 5.74) is 0.610. The molecule has 8 heteroatoms. The lowest BCUT2D eigenvalue weighted by Crippen LogP contribution is -2.36. The van der Waals surface area contributed by atoms with E-state index in [9.17, 15) is 4.79 Å². The lowest BCUT2D eigenvalue weighted by molar-refractivity contribution is 0.0827. The average Bonchev–Trinajstić information content (AvgIpc) is 3.01. The third-order valence-electron chi connectivity index (χ3n) is 4.97. The van der Waals surface area contributed by atoms with Crippen molar-refractivity contribution in [3.05, 3.63) is 35.5 Å². The minimum absolute atomic E-state index is 0.0296. The highest BCUT2D eigenvalue weighted by molar-refractivity contribution is 5.93. The molecule has 0 aromatic carbocycles. The van der Waals surface area contributed by atoms with Crippen molar-refractivity contribution < 1.29 is 4.79 Å². The van der Waals surface area contributed by atoms with Crippen LogP contribution in [0.4, 0.5) is 5.82 Å². The van der Waals surface area contributed by atoms with E-state index in [4.69, 9.17) is 0 Å². The van der Waals surface area contributed by atoms with Crippen molar-refractivity contribution in [1.82, 2.24) is 29.5 Å². The summed E-state index contributed by atoms with van der Waals surface area (Å²) < 4.78 is 2.13. The fraction of sp³-hybridized carbons (Fsp3) is 0.579. The average molecular weight is 371 g/mol. The molecule has 3 rings (SSSR count). The number of hydrogen-bond donors (Lipinski definition) is 0. The van der Waals surface area contributed by atoms with Crippen LogP contribution in [-0.2, 0) is 13.6 Å². The maximum absolute atomic E-state index is 12.0. The zero-order valence-electron chi connectivity index (χ0n) is 16.9. The summed E-state index contributed by atoms with van der Waals surface area (Å²) in [5, 5.41) is 8.84. The Morgan fingerprint density at radius 1 is 1.22 bits per heavy atom. The molecule has 0 aliphatic carbocycles. The summed E-state index contributed by atoms with van der Waals surface area (Å²) in [6.07, 6.45) is 3.85. The smallest absolute Gasteiger partial charge is 0.254 e. The first-order chi connectivity index (χ1) is 12.9. The third kappa shape index (κ3) is 4.27. The molecular weight excluding hydrogens is 342 g/mol. The lowest BCUT2D eigenvalue weighted by atomic mass is 9.97. The summed E-state index contributed by atoms with van der Waals surface area (Å²) in [5.74, 6) is 3.23. The van der Waals surface area contributed by atoms with E-state index in [1.165, 1.54) is 0 Å². The molecule has 0 spiro atoms. The minimum Gasteiger partial charge on any atom is -0.356 e. The van der Waals surface area contributed by atoms with E-state index in [0.29, 0.717) is 11.5 Å². The molecule has 1 saturated heterocycles. The van der Waals surface area contributed by atoms with Crippen molar-refractivity contribution in [3.8, 4) is 0 Å². The van der Waals surface area contributed by atoms with E-state index in [2.05, 4.69) is 29.5 Å². The molecular formula is C19H29N7O. The summed E-state index contributed by atoms with van der Waals surface area (Å²) in [6, 6.07) is 3.79. The van der Waals surface area contributed by atoms with Crippen LogP contribution in [0.5, 0.6) is 0 Å². The van der Waals surface area contributed by atoms with Crippen LogP contribution in [0.2, 0.25) is 0 Å². The number of hydrogen-bond acceptors (Lipinski definition) is 6. The first kappa shape index (κ1) is 19.3. The molecule has 1 aliphatic heterocycles. The summed E-state index contributed by atoms with van der Waals surface area (Å²) >= 11 is 0. The van der Waals surface area contributed by atoms with Gasteiger partial charge in [-0.15, -0.1) is 10.2 Å². The van der Waals surface area contributed by atoms with Crippen molar-refractivity contribution in [2.75, 3.05) is 46.2 Å². The van der Waals surface area contributed by atoms with E-state index in [1.54, 1.807) is 25.2 Å². The Morgan fingerprint density at radius 3 is 2.63 bits per heavy atom. The summed E-state index contributed by atoms with van der Waals surface area (Å²) in [7, 11) is 9.61. The van der Waals surface area contributed by atoms with Crippen molar-refractivity contribution in [3.63, 3.8) is 0 Å². The third-order valence-corrected chi connectivity index (χ3v) is 4.97. The number of anilines is 1. The number of piperidine rings is 1. The number of carbonyl (C=O) groups is 1. The second-order valence-electron chi connectivity index (χ2n) is 7.66. The van der Waals surface area contributed by atoms with E-state index >= 15 is 0 Å². The van der Waals surface area contributed by atoms with Crippen molar-refractivity contribution in [2.24, 2.45) is 7.05 Å². The van der Waals surface area contributed by atoms with Crippen LogP contribution in [0.1, 0.15) is 40.8 Å². The molecule has 0 saturated carbocycles. The molecule has 0 radical (unpaired) electrons. The van der Waals surface area contributed by atoms with Gasteiger partial charge < -0.3 is 19.3 Å². The van der Waals surface area contributed by atoms with Gasteiger partial charge in [-0.2, -0.15) is 0 Å². The highest BCUT2D eigenvalue weighted by Crippen LogP contribution is 2.28. The van der Waals surface area contributed by atoms with Gasteiger partial charge in [-0.1, -0.05) is 0 Å². The fourth-order valence-corrected chi connectivity index (χ4v) is 3.51. The highest BCUT2D eigenvalue weighted by Gasteiger charge is 2.26. The molecule has 1 unspecified atom stereocenters. The van der Waals surface area contributed by atoms with Gasteiger partial charge in [-0.25, -0.2) is 4.98 Å². The molecule has 3 heterocycles. The van der Waals surface area contributed by atoms with E-state index < -0.39 is 0 Å². The molecule has 1 fully saturated rings.